The van der Waals surface area contributed by atoms with Gasteiger partial charge in [0.2, 0.25) is 0 Å². The number of amides is 3. The summed E-state index contributed by atoms with van der Waals surface area (Å²) in [4.78, 5) is 27.6. The Balaban J connectivity index is 1.37. The predicted molar refractivity (Wildman–Crippen MR) is 145 cm³/mol. The molecule has 0 spiro atoms. The molecule has 188 valence electrons. The number of hydrogen-bond acceptors (Lipinski definition) is 4. The van der Waals surface area contributed by atoms with Crippen LogP contribution in [0.1, 0.15) is 16.7 Å². The molecule has 3 aromatic rings. The molecule has 0 fully saturated rings. The molecule has 2 N–H and O–H groups in total. The monoisotopic (exact) mass is 589 g/mol. The molecule has 7 nitrogen and oxygen atoms in total. The van der Waals surface area contributed by atoms with Crippen molar-refractivity contribution in [2.24, 2.45) is 0 Å². The number of rotatable bonds is 7. The molecule has 1 unspecified atom stereocenters. The molecule has 0 saturated heterocycles. The van der Waals surface area contributed by atoms with E-state index in [0.29, 0.717) is 52.4 Å². The van der Waals surface area contributed by atoms with E-state index in [1.807, 2.05) is 29.2 Å². The van der Waals surface area contributed by atoms with E-state index in [1.54, 1.807) is 44.6 Å². The summed E-state index contributed by atoms with van der Waals surface area (Å²) in [5.74, 6) is 1.22. The molecule has 1 aliphatic heterocycles. The number of ether oxygens (including phenoxy) is 2. The van der Waals surface area contributed by atoms with Crippen molar-refractivity contribution in [1.29, 1.82) is 0 Å². The molecule has 1 aliphatic rings. The topological polar surface area (TPSA) is 79.9 Å². The van der Waals surface area contributed by atoms with Crippen molar-refractivity contribution in [2.45, 2.75) is 24.2 Å². The van der Waals surface area contributed by atoms with Crippen LogP contribution < -0.4 is 20.1 Å². The quantitative estimate of drug-likeness (QED) is 0.373. The van der Waals surface area contributed by atoms with Crippen LogP contribution in [0.4, 0.5) is 16.2 Å². The Morgan fingerprint density at radius 3 is 2.25 bits per heavy atom. The van der Waals surface area contributed by atoms with Crippen molar-refractivity contribution in [3.8, 4) is 11.5 Å². The second kappa shape index (κ2) is 11.5. The van der Waals surface area contributed by atoms with Crippen LogP contribution in [0, 0.1) is 0 Å². The molecule has 36 heavy (non-hydrogen) atoms. The Hall–Kier alpha value is -2.86. The summed E-state index contributed by atoms with van der Waals surface area (Å²) in [6.45, 7) is 1.03. The average Bonchev–Trinajstić information content (AvgIpc) is 3.28. The van der Waals surface area contributed by atoms with Gasteiger partial charge in [-0.05, 0) is 0 Å². The minimum absolute atomic E-state index is 0.0800. The first kappa shape index (κ1) is 26.2. The number of fused-ring (bicyclic) bond motifs is 1. The summed E-state index contributed by atoms with van der Waals surface area (Å²) >= 11 is 13.6. The zero-order chi connectivity index (χ0) is 25.8. The van der Waals surface area contributed by atoms with E-state index in [-0.39, 0.29) is 10.6 Å². The summed E-state index contributed by atoms with van der Waals surface area (Å²) in [6, 6.07) is 15.8. The first-order chi connectivity index (χ1) is 17.2. The first-order valence-corrected chi connectivity index (χ1v) is 13.3. The molecule has 0 aliphatic carbocycles. The van der Waals surface area contributed by atoms with Gasteiger partial charge in [0.1, 0.15) is 11.5 Å². The van der Waals surface area contributed by atoms with Crippen LogP contribution in [-0.2, 0) is 24.3 Å². The molecular weight excluding hydrogens is 564 g/mol. The number of nitrogens with one attached hydrogen (secondary N) is 2. The maximum absolute atomic E-state index is 13.1. The van der Waals surface area contributed by atoms with Crippen molar-refractivity contribution in [3.05, 3.63) is 81.3 Å². The zero-order valence-electron chi connectivity index (χ0n) is 19.8. The average molecular weight is 590 g/mol. The number of carbonyl (C=O) groups is 2. The van der Waals surface area contributed by atoms with Crippen LogP contribution in [0.5, 0.6) is 11.5 Å². The molecular formula is C26H26AsCl2N3O4. The summed E-state index contributed by atoms with van der Waals surface area (Å²) in [7, 11) is 3.09. The van der Waals surface area contributed by atoms with Crippen molar-refractivity contribution in [1.82, 2.24) is 4.90 Å². The number of hydrogen-bond donors (Lipinski definition) is 2. The number of anilines is 2. The predicted octanol–water partition coefficient (Wildman–Crippen LogP) is 5.16. The standard InChI is InChI=1S/C26H26AsCl2N3O4/c1-35-21-10-20(11-22(12-21)36-2)31-26(34)30-19-6-4-16-13-32(14-17(16)7-19)25(33)23(27)8-15-3-5-18(28)9-24(15)29/h3-7,9-12,23H,8,13-14,27H2,1-2H3,(H2,30,31,34)/t23-/m1/s1. The van der Waals surface area contributed by atoms with Crippen molar-refractivity contribution < 1.29 is 19.1 Å². The fourth-order valence-corrected chi connectivity index (χ4v) is 5.51. The smallest absolute Gasteiger partial charge is 0.497 e. The van der Waals surface area contributed by atoms with E-state index in [2.05, 4.69) is 10.6 Å². The third-order valence-electron chi connectivity index (χ3n) is 5.88. The van der Waals surface area contributed by atoms with Crippen LogP contribution in [0.15, 0.2) is 54.6 Å². The number of benzene rings is 3. The van der Waals surface area contributed by atoms with E-state index in [9.17, 15) is 9.59 Å². The number of methoxy groups -OCH3 is 2. The number of carbonyl (C=O) groups excluding carboxylic acids is 2. The fraction of sp³-hybridized carbons (Fsp3) is 0.231. The van der Waals surface area contributed by atoms with Gasteiger partial charge in [0, 0.05) is 6.07 Å². The maximum atomic E-state index is 13.1. The van der Waals surface area contributed by atoms with Gasteiger partial charge in [-0.2, -0.15) is 0 Å². The summed E-state index contributed by atoms with van der Waals surface area (Å²) in [5.41, 5.74) is 4.16. The molecule has 3 amide bonds. The minimum atomic E-state index is -0.396. The van der Waals surface area contributed by atoms with Crippen LogP contribution in [0.25, 0.3) is 0 Å². The van der Waals surface area contributed by atoms with Gasteiger partial charge < -0.3 is 9.47 Å². The second-order valence-electron chi connectivity index (χ2n) is 8.40. The Kier molecular flexibility index (Phi) is 8.35. The van der Waals surface area contributed by atoms with Gasteiger partial charge in [-0.15, -0.1) is 0 Å². The molecule has 1 heterocycles. The Morgan fingerprint density at radius 2 is 1.58 bits per heavy atom. The van der Waals surface area contributed by atoms with Gasteiger partial charge in [-0.25, -0.2) is 0 Å². The SMILES string of the molecule is COc1cc(NC(=O)Nc2ccc3c(c2)CN(C(=O)[C@H]([AsH2])Cc2ccc(Cl)cc2Cl)C3)cc(OC)c1. The van der Waals surface area contributed by atoms with Gasteiger partial charge >= 0.3 is 188 Å². The van der Waals surface area contributed by atoms with E-state index < -0.39 is 6.03 Å². The van der Waals surface area contributed by atoms with E-state index >= 15 is 0 Å². The molecule has 3 aromatic carbocycles. The van der Waals surface area contributed by atoms with Gasteiger partial charge in [-0.3, -0.25) is 0 Å². The summed E-state index contributed by atoms with van der Waals surface area (Å²) in [6.07, 6.45) is 0.559. The molecule has 0 bridgehead atoms. The molecule has 0 aromatic heterocycles. The normalized spacial score (nSPS) is 13.1. The Morgan fingerprint density at radius 1 is 0.917 bits per heavy atom. The number of nitrogens with zero attached hydrogens (tertiary/aromatic N) is 1. The van der Waals surface area contributed by atoms with Gasteiger partial charge in [0.05, 0.1) is 14.2 Å². The summed E-state index contributed by atoms with van der Waals surface area (Å²) < 4.78 is 10.3. The van der Waals surface area contributed by atoms with Crippen LogP contribution >= 0.6 is 23.2 Å². The minimum Gasteiger partial charge on any atom is -0.497 e. The van der Waals surface area contributed by atoms with Crippen molar-refractivity contribution in [2.75, 3.05) is 24.9 Å². The van der Waals surface area contributed by atoms with E-state index in [1.165, 1.54) is 16.9 Å². The molecule has 4 rings (SSSR count). The third-order valence-corrected chi connectivity index (χ3v) is 7.56. The van der Waals surface area contributed by atoms with E-state index in [4.69, 9.17) is 32.7 Å². The number of urea groups is 1. The van der Waals surface area contributed by atoms with Gasteiger partial charge in [-0.1, -0.05) is 0 Å². The Labute approximate surface area is 228 Å². The Bertz CT molecular complexity index is 1280. The second-order valence-corrected chi connectivity index (χ2v) is 10.9. The molecule has 2 atom stereocenters. The summed E-state index contributed by atoms with van der Waals surface area (Å²) in [5, 5.41) is 6.78. The van der Waals surface area contributed by atoms with Crippen LogP contribution in [-0.4, -0.2) is 47.9 Å². The van der Waals surface area contributed by atoms with Crippen LogP contribution in [0.3, 0.4) is 0 Å². The zero-order valence-corrected chi connectivity index (χ0v) is 23.7. The molecule has 10 heteroatoms. The first-order valence-electron chi connectivity index (χ1n) is 11.2. The fourth-order valence-electron chi connectivity index (χ4n) is 4.05. The van der Waals surface area contributed by atoms with Crippen molar-refractivity contribution in [3.63, 3.8) is 0 Å². The molecule has 0 saturated carbocycles. The van der Waals surface area contributed by atoms with Gasteiger partial charge in [0.25, 0.3) is 0 Å². The van der Waals surface area contributed by atoms with E-state index in [0.717, 1.165) is 16.7 Å². The van der Waals surface area contributed by atoms with Crippen LogP contribution in [0.2, 0.25) is 14.8 Å². The third kappa shape index (κ3) is 6.27. The number of halogens is 2. The van der Waals surface area contributed by atoms with Gasteiger partial charge in [0.15, 0.2) is 0 Å². The van der Waals surface area contributed by atoms with Crippen molar-refractivity contribution >= 4 is 63.4 Å². The molecule has 0 radical (unpaired) electrons.